The number of nitrogens with one attached hydrogen (secondary N) is 1. The minimum absolute atomic E-state index is 0.267. The summed E-state index contributed by atoms with van der Waals surface area (Å²) in [6, 6.07) is 5.51. The molecule has 1 heterocycles. The van der Waals surface area contributed by atoms with Crippen LogP contribution in [0.5, 0.6) is 5.75 Å². The Morgan fingerprint density at radius 1 is 1.10 bits per heavy atom. The lowest BCUT2D eigenvalue weighted by Crippen LogP contribution is -2.16. The Labute approximate surface area is 119 Å². The van der Waals surface area contributed by atoms with Crippen molar-refractivity contribution < 1.29 is 17.9 Å². The van der Waals surface area contributed by atoms with Crippen molar-refractivity contribution in [1.82, 2.24) is 9.97 Å². The van der Waals surface area contributed by atoms with E-state index in [1.807, 2.05) is 0 Å². The molecule has 0 fully saturated rings. The van der Waals surface area contributed by atoms with Gasteiger partial charge in [0, 0.05) is 24.5 Å². The fourth-order valence-electron chi connectivity index (χ4n) is 1.58. The van der Waals surface area contributed by atoms with Gasteiger partial charge in [0.25, 0.3) is 0 Å². The Hall–Kier alpha value is -2.57. The summed E-state index contributed by atoms with van der Waals surface area (Å²) >= 11 is 0. The van der Waals surface area contributed by atoms with Crippen LogP contribution in [-0.2, 0) is 0 Å². The van der Waals surface area contributed by atoms with E-state index in [0.29, 0.717) is 23.6 Å². The average Bonchev–Trinajstić information content (AvgIpc) is 2.45. The molecule has 7 heteroatoms. The molecule has 21 heavy (non-hydrogen) atoms. The van der Waals surface area contributed by atoms with E-state index < -0.39 is 6.36 Å². The molecule has 0 bridgehead atoms. The van der Waals surface area contributed by atoms with Crippen LogP contribution in [0.1, 0.15) is 0 Å². The molecular formula is C14H12F3N3O. The first-order valence-corrected chi connectivity index (χ1v) is 6.01. The van der Waals surface area contributed by atoms with E-state index in [-0.39, 0.29) is 5.75 Å². The largest absolute Gasteiger partial charge is 0.573 e. The Morgan fingerprint density at radius 3 is 2.24 bits per heavy atom. The van der Waals surface area contributed by atoms with Crippen LogP contribution in [0.15, 0.2) is 49.3 Å². The number of ether oxygens (including phenoxy) is 1. The number of hydrogen-bond acceptors (Lipinski definition) is 4. The maximum Gasteiger partial charge on any atom is 0.573 e. The molecule has 0 amide bonds. The molecule has 1 N–H and O–H groups in total. The summed E-state index contributed by atoms with van der Waals surface area (Å²) < 4.78 is 40.0. The van der Waals surface area contributed by atoms with E-state index in [4.69, 9.17) is 0 Å². The maximum absolute atomic E-state index is 12.1. The lowest BCUT2D eigenvalue weighted by molar-refractivity contribution is -0.274. The zero-order valence-corrected chi connectivity index (χ0v) is 10.9. The van der Waals surface area contributed by atoms with E-state index in [1.165, 1.54) is 24.3 Å². The van der Waals surface area contributed by atoms with Crippen LogP contribution < -0.4 is 10.1 Å². The topological polar surface area (TPSA) is 47.0 Å². The van der Waals surface area contributed by atoms with Gasteiger partial charge < -0.3 is 10.1 Å². The number of rotatable bonds is 5. The minimum Gasteiger partial charge on any atom is -0.406 e. The number of alkyl halides is 3. The first-order valence-electron chi connectivity index (χ1n) is 6.01. The van der Waals surface area contributed by atoms with Gasteiger partial charge in [-0.1, -0.05) is 18.2 Å². The zero-order valence-electron chi connectivity index (χ0n) is 10.9. The molecule has 1 aromatic carbocycles. The van der Waals surface area contributed by atoms with Crippen LogP contribution in [0, 0.1) is 0 Å². The molecule has 0 atom stereocenters. The van der Waals surface area contributed by atoms with Crippen molar-refractivity contribution in [3.05, 3.63) is 49.3 Å². The smallest absolute Gasteiger partial charge is 0.406 e. The van der Waals surface area contributed by atoms with E-state index in [2.05, 4.69) is 26.6 Å². The second kappa shape index (κ2) is 6.25. The van der Waals surface area contributed by atoms with Crippen molar-refractivity contribution in [3.8, 4) is 16.9 Å². The summed E-state index contributed by atoms with van der Waals surface area (Å²) in [5, 5.41) is 2.92. The zero-order chi connectivity index (χ0) is 15.3. The van der Waals surface area contributed by atoms with Crippen molar-refractivity contribution in [2.45, 2.75) is 6.36 Å². The standard InChI is InChI=1S/C14H12F3N3O/c1-2-7-18-13-19-8-11(9-20-13)10-3-5-12(6-4-10)21-14(15,16)17/h2-6,8-9H,1,7H2,(H,18,19,20). The predicted molar refractivity (Wildman–Crippen MR) is 72.8 cm³/mol. The fraction of sp³-hybridized carbons (Fsp3) is 0.143. The fourth-order valence-corrected chi connectivity index (χ4v) is 1.58. The van der Waals surface area contributed by atoms with Gasteiger partial charge in [-0.05, 0) is 17.7 Å². The third-order valence-corrected chi connectivity index (χ3v) is 2.48. The van der Waals surface area contributed by atoms with Crippen LogP contribution in [0.3, 0.4) is 0 Å². The molecular weight excluding hydrogens is 283 g/mol. The Balaban J connectivity index is 2.09. The molecule has 0 aliphatic carbocycles. The average molecular weight is 295 g/mol. The SMILES string of the molecule is C=CCNc1ncc(-c2ccc(OC(F)(F)F)cc2)cn1. The van der Waals surface area contributed by atoms with Gasteiger partial charge in [-0.25, -0.2) is 9.97 Å². The van der Waals surface area contributed by atoms with Gasteiger partial charge in [-0.2, -0.15) is 0 Å². The Kier molecular flexibility index (Phi) is 4.42. The Bertz CT molecular complexity index is 594. The molecule has 0 saturated carbocycles. The van der Waals surface area contributed by atoms with Crippen LogP contribution in [0.4, 0.5) is 19.1 Å². The second-order valence-corrected chi connectivity index (χ2v) is 4.04. The highest BCUT2D eigenvalue weighted by atomic mass is 19.4. The summed E-state index contributed by atoms with van der Waals surface area (Å²) in [5.74, 6) is 0.187. The highest BCUT2D eigenvalue weighted by molar-refractivity contribution is 5.62. The number of nitrogens with zero attached hydrogens (tertiary/aromatic N) is 2. The van der Waals surface area contributed by atoms with Crippen molar-refractivity contribution in [2.75, 3.05) is 11.9 Å². The van der Waals surface area contributed by atoms with Gasteiger partial charge in [0.05, 0.1) is 0 Å². The molecule has 0 radical (unpaired) electrons. The molecule has 0 unspecified atom stereocenters. The first kappa shape index (κ1) is 14.8. The number of anilines is 1. The molecule has 0 aliphatic heterocycles. The van der Waals surface area contributed by atoms with Crippen LogP contribution in [0.25, 0.3) is 11.1 Å². The minimum atomic E-state index is -4.69. The molecule has 2 rings (SSSR count). The predicted octanol–water partition coefficient (Wildman–Crippen LogP) is 3.64. The van der Waals surface area contributed by atoms with E-state index >= 15 is 0 Å². The lowest BCUT2D eigenvalue weighted by Gasteiger charge is -2.09. The van der Waals surface area contributed by atoms with Crippen molar-refractivity contribution in [1.29, 1.82) is 0 Å². The molecule has 4 nitrogen and oxygen atoms in total. The molecule has 1 aromatic heterocycles. The monoisotopic (exact) mass is 295 g/mol. The van der Waals surface area contributed by atoms with E-state index in [9.17, 15) is 13.2 Å². The van der Waals surface area contributed by atoms with Crippen molar-refractivity contribution >= 4 is 5.95 Å². The van der Waals surface area contributed by atoms with Crippen LogP contribution in [-0.4, -0.2) is 22.9 Å². The van der Waals surface area contributed by atoms with Gasteiger partial charge in [0.15, 0.2) is 0 Å². The van der Waals surface area contributed by atoms with Gasteiger partial charge >= 0.3 is 6.36 Å². The summed E-state index contributed by atoms with van der Waals surface area (Å²) in [5.41, 5.74) is 1.39. The van der Waals surface area contributed by atoms with Gasteiger partial charge in [0.1, 0.15) is 5.75 Å². The van der Waals surface area contributed by atoms with Gasteiger partial charge in [-0.3, -0.25) is 0 Å². The highest BCUT2D eigenvalue weighted by Crippen LogP contribution is 2.26. The maximum atomic E-state index is 12.1. The van der Waals surface area contributed by atoms with Crippen molar-refractivity contribution in [2.24, 2.45) is 0 Å². The number of aromatic nitrogens is 2. The normalized spacial score (nSPS) is 11.0. The summed E-state index contributed by atoms with van der Waals surface area (Å²) in [6.07, 6.45) is 0.149. The van der Waals surface area contributed by atoms with Crippen LogP contribution >= 0.6 is 0 Å². The van der Waals surface area contributed by atoms with Gasteiger partial charge in [0.2, 0.25) is 5.95 Å². The quantitative estimate of drug-likeness (QED) is 0.855. The highest BCUT2D eigenvalue weighted by Gasteiger charge is 2.30. The number of benzene rings is 1. The summed E-state index contributed by atoms with van der Waals surface area (Å²) in [4.78, 5) is 8.19. The molecule has 110 valence electrons. The third kappa shape index (κ3) is 4.48. The summed E-state index contributed by atoms with van der Waals surface area (Å²) in [6.45, 7) is 4.11. The molecule has 0 aliphatic rings. The molecule has 0 saturated heterocycles. The Morgan fingerprint density at radius 2 is 1.71 bits per heavy atom. The van der Waals surface area contributed by atoms with E-state index in [0.717, 1.165) is 0 Å². The van der Waals surface area contributed by atoms with Gasteiger partial charge in [-0.15, -0.1) is 19.8 Å². The van der Waals surface area contributed by atoms with E-state index in [1.54, 1.807) is 18.5 Å². The lowest BCUT2D eigenvalue weighted by atomic mass is 10.1. The first-order chi connectivity index (χ1) is 9.98. The molecule has 0 spiro atoms. The van der Waals surface area contributed by atoms with Crippen molar-refractivity contribution in [3.63, 3.8) is 0 Å². The second-order valence-electron chi connectivity index (χ2n) is 4.04. The van der Waals surface area contributed by atoms with Crippen LogP contribution in [0.2, 0.25) is 0 Å². The summed E-state index contributed by atoms with van der Waals surface area (Å²) in [7, 11) is 0. The molecule has 2 aromatic rings. The number of halogens is 3. The third-order valence-electron chi connectivity index (χ3n) is 2.48. The number of hydrogen-bond donors (Lipinski definition) is 1.